The normalized spacial score (nSPS) is 16.0. The van der Waals surface area contributed by atoms with Crippen LogP contribution in [-0.2, 0) is 31.9 Å². The largest absolute Gasteiger partial charge is 0.508 e. The number of phenolic OH excluding ortho intramolecular Hbond substituents is 1. The molecular formula is C52H55Br3N4O10. The Morgan fingerprint density at radius 2 is 1.01 bits per heavy atom. The fourth-order valence-electron chi connectivity index (χ4n) is 7.82. The van der Waals surface area contributed by atoms with Crippen molar-refractivity contribution in [3.63, 3.8) is 0 Å². The summed E-state index contributed by atoms with van der Waals surface area (Å²) in [5, 5.41) is 20.8. The topological polar surface area (TPSA) is 175 Å². The lowest BCUT2D eigenvalue weighted by Crippen LogP contribution is -2.40. The Kier molecular flexibility index (Phi) is 21.4. The van der Waals surface area contributed by atoms with Crippen LogP contribution in [-0.4, -0.2) is 97.1 Å². The Morgan fingerprint density at radius 1 is 0.594 bits per heavy atom. The average molecular weight is 1140 g/mol. The van der Waals surface area contributed by atoms with Crippen LogP contribution in [0.1, 0.15) is 84.0 Å². The Morgan fingerprint density at radius 3 is 1.42 bits per heavy atom. The van der Waals surface area contributed by atoms with Gasteiger partial charge in [0.05, 0.1) is 30.1 Å². The Labute approximate surface area is 427 Å². The third kappa shape index (κ3) is 15.9. The minimum absolute atomic E-state index is 0.0255. The second-order valence-corrected chi connectivity index (χ2v) is 18.6. The van der Waals surface area contributed by atoms with E-state index in [1.54, 1.807) is 36.4 Å². The summed E-state index contributed by atoms with van der Waals surface area (Å²) in [6.45, 7) is 1.01. The van der Waals surface area contributed by atoms with E-state index in [1.165, 1.54) is 35.2 Å². The number of hydrogen-bond donors (Lipinski definition) is 1. The summed E-state index contributed by atoms with van der Waals surface area (Å²) in [4.78, 5) is 53.6. The molecule has 4 heterocycles. The maximum Gasteiger partial charge on any atom is 0.416 e. The van der Waals surface area contributed by atoms with E-state index in [4.69, 9.17) is 23.3 Å². The van der Waals surface area contributed by atoms with Gasteiger partial charge in [-0.1, -0.05) is 143 Å². The predicted octanol–water partition coefficient (Wildman–Crippen LogP) is 11.4. The number of nitrogens with zero attached hydrogens (tertiary/aromatic N) is 4. The molecule has 69 heavy (non-hydrogen) atoms. The van der Waals surface area contributed by atoms with Gasteiger partial charge in [0.2, 0.25) is 11.8 Å². The Hall–Kier alpha value is -5.78. The molecule has 4 atom stereocenters. The Balaban J connectivity index is 0.000000205. The molecule has 4 aromatic carbocycles. The number of phenols is 1. The van der Waals surface area contributed by atoms with Crippen molar-refractivity contribution >= 4 is 71.8 Å². The number of rotatable bonds is 20. The fourth-order valence-corrected chi connectivity index (χ4v) is 9.01. The van der Waals surface area contributed by atoms with Crippen molar-refractivity contribution in [2.75, 3.05) is 35.8 Å². The van der Waals surface area contributed by atoms with E-state index in [0.717, 1.165) is 56.8 Å². The highest BCUT2D eigenvalue weighted by atomic mass is 79.9. The van der Waals surface area contributed by atoms with Crippen molar-refractivity contribution in [2.24, 2.45) is 0 Å². The number of benzene rings is 4. The monoisotopic (exact) mass is 1130 g/mol. The molecule has 0 unspecified atom stereocenters. The van der Waals surface area contributed by atoms with Gasteiger partial charge in [-0.2, -0.15) is 0 Å². The molecular weight excluding hydrogens is 1080 g/mol. The van der Waals surface area contributed by atoms with Crippen molar-refractivity contribution in [1.82, 2.24) is 20.1 Å². The summed E-state index contributed by atoms with van der Waals surface area (Å²) in [5.41, 5.74) is 4.96. The summed E-state index contributed by atoms with van der Waals surface area (Å²) in [7, 11) is 0. The zero-order chi connectivity index (χ0) is 48.8. The van der Waals surface area contributed by atoms with Crippen LogP contribution in [0.4, 0.5) is 9.59 Å². The maximum atomic E-state index is 13.3. The number of cyclic esters (lactones) is 2. The molecule has 6 aromatic rings. The minimum Gasteiger partial charge on any atom is -0.508 e. The number of unbranched alkanes of at least 4 members (excludes halogenated alkanes) is 2. The van der Waals surface area contributed by atoms with Gasteiger partial charge in [0, 0.05) is 52.8 Å². The summed E-state index contributed by atoms with van der Waals surface area (Å²) < 4.78 is 26.2. The van der Waals surface area contributed by atoms with Crippen LogP contribution in [0.15, 0.2) is 143 Å². The highest BCUT2D eigenvalue weighted by Crippen LogP contribution is 2.32. The van der Waals surface area contributed by atoms with Gasteiger partial charge in [0.25, 0.3) is 0 Å². The van der Waals surface area contributed by atoms with Gasteiger partial charge in [-0.15, -0.1) is 0 Å². The number of hydrogen-bond acceptors (Lipinski definition) is 12. The van der Waals surface area contributed by atoms with E-state index in [-0.39, 0.29) is 61.6 Å². The van der Waals surface area contributed by atoms with E-state index in [2.05, 4.69) is 58.1 Å². The van der Waals surface area contributed by atoms with E-state index in [0.29, 0.717) is 30.8 Å². The SMILES string of the molecule is BrCCCCBr.O=C(C[C@@H](c1ccc(O)cc1)c1ccon1)N1C(=O)OC[C@@H]1Cc1ccccc1.O=C(C[C@@H](c1ccc(OCCCCBr)cc1)c1ccon1)N1C(=O)OC[C@@H]1Cc1ccccc1. The lowest BCUT2D eigenvalue weighted by atomic mass is 9.91. The number of carbonyl (C=O) groups excluding carboxylic acids is 4. The number of ether oxygens (including phenoxy) is 3. The smallest absolute Gasteiger partial charge is 0.416 e. The van der Waals surface area contributed by atoms with Crippen molar-refractivity contribution in [3.05, 3.63) is 167 Å². The molecule has 0 bridgehead atoms. The van der Waals surface area contributed by atoms with Crippen LogP contribution in [0.5, 0.6) is 11.5 Å². The first-order chi connectivity index (χ1) is 33.7. The van der Waals surface area contributed by atoms with E-state index < -0.39 is 18.1 Å². The second kappa shape index (κ2) is 28.0. The summed E-state index contributed by atoms with van der Waals surface area (Å²) in [6.07, 6.45) is 7.47. The number of amides is 4. The molecule has 364 valence electrons. The number of aromatic hydroxyl groups is 1. The highest BCUT2D eigenvalue weighted by molar-refractivity contribution is 9.09. The quantitative estimate of drug-likeness (QED) is 0.0567. The minimum atomic E-state index is -0.624. The molecule has 2 fully saturated rings. The highest BCUT2D eigenvalue weighted by Gasteiger charge is 2.40. The number of aromatic nitrogens is 2. The van der Waals surface area contributed by atoms with Crippen LogP contribution < -0.4 is 4.74 Å². The standard InChI is InChI=1S/C26H27BrN2O5.C22H20N2O5.C4H8Br2/c27-13-4-5-14-32-22-10-8-20(9-11-22)23(24-12-15-34-28-24)17-25(30)29-21(18-33-26(29)31)16-19-6-2-1-3-7-19;25-18-8-6-16(7-9-18)19(20-10-11-29-23-20)13-21(26)24-17(14-28-22(24)27)12-15-4-2-1-3-5-15;5-3-1-2-4-6/h1-3,6-12,15,21,23H,4-5,13-14,16-18H2;1-11,17,19,25H,12-14H2;1-4H2/t21-,23-;17-,19-;/m00./s1. The molecule has 1 N–H and O–H groups in total. The van der Waals surface area contributed by atoms with Gasteiger partial charge >= 0.3 is 12.2 Å². The molecule has 4 amide bonds. The fraction of sp³-hybridized carbons (Fsp3) is 0.346. The lowest BCUT2D eigenvalue weighted by Gasteiger charge is -2.22. The molecule has 17 heteroatoms. The van der Waals surface area contributed by atoms with Crippen LogP contribution >= 0.6 is 47.8 Å². The molecule has 2 aliphatic heterocycles. The van der Waals surface area contributed by atoms with Gasteiger partial charge in [-0.05, 0) is 85.0 Å². The molecule has 14 nitrogen and oxygen atoms in total. The molecule has 2 aliphatic rings. The van der Waals surface area contributed by atoms with Crippen molar-refractivity contribution in [1.29, 1.82) is 0 Å². The lowest BCUT2D eigenvalue weighted by molar-refractivity contribution is -0.130. The zero-order valence-electron chi connectivity index (χ0n) is 38.0. The summed E-state index contributed by atoms with van der Waals surface area (Å²) in [5.74, 6) is -0.507. The van der Waals surface area contributed by atoms with Gasteiger partial charge in [-0.3, -0.25) is 9.59 Å². The molecule has 2 saturated heterocycles. The van der Waals surface area contributed by atoms with Gasteiger partial charge in [-0.25, -0.2) is 19.4 Å². The van der Waals surface area contributed by atoms with E-state index >= 15 is 0 Å². The van der Waals surface area contributed by atoms with Crippen molar-refractivity contribution in [3.8, 4) is 11.5 Å². The summed E-state index contributed by atoms with van der Waals surface area (Å²) in [6, 6.07) is 36.4. The second-order valence-electron chi connectivity index (χ2n) is 16.2. The third-order valence-corrected chi connectivity index (χ3v) is 13.0. The third-order valence-electron chi connectivity index (χ3n) is 11.4. The summed E-state index contributed by atoms with van der Waals surface area (Å²) >= 11 is 10.1. The molecule has 0 saturated carbocycles. The van der Waals surface area contributed by atoms with Crippen LogP contribution in [0, 0.1) is 0 Å². The van der Waals surface area contributed by atoms with Crippen molar-refractivity contribution in [2.45, 2.75) is 75.3 Å². The van der Waals surface area contributed by atoms with Gasteiger partial charge in [0.15, 0.2) is 0 Å². The first-order valence-corrected chi connectivity index (χ1v) is 26.1. The number of imide groups is 2. The number of carbonyl (C=O) groups is 4. The van der Waals surface area contributed by atoms with E-state index in [1.807, 2.05) is 84.9 Å². The molecule has 2 aromatic heterocycles. The number of alkyl halides is 3. The Bertz CT molecular complexity index is 2440. The molecule has 0 radical (unpaired) electrons. The van der Waals surface area contributed by atoms with Crippen LogP contribution in [0.3, 0.4) is 0 Å². The maximum absolute atomic E-state index is 13.3. The van der Waals surface area contributed by atoms with Gasteiger partial charge in [0.1, 0.15) is 37.2 Å². The first-order valence-electron chi connectivity index (χ1n) is 22.7. The average Bonchev–Trinajstić information content (AvgIpc) is 4.23. The van der Waals surface area contributed by atoms with E-state index in [9.17, 15) is 24.3 Å². The zero-order valence-corrected chi connectivity index (χ0v) is 42.7. The van der Waals surface area contributed by atoms with Crippen LogP contribution in [0.25, 0.3) is 0 Å². The van der Waals surface area contributed by atoms with Crippen molar-refractivity contribution < 1.29 is 47.5 Å². The molecule has 0 spiro atoms. The molecule has 0 aliphatic carbocycles. The number of halogens is 3. The molecule has 8 rings (SSSR count). The predicted molar refractivity (Wildman–Crippen MR) is 270 cm³/mol. The van der Waals surface area contributed by atoms with Crippen LogP contribution in [0.2, 0.25) is 0 Å². The first kappa shape index (κ1) is 52.6. The van der Waals surface area contributed by atoms with Gasteiger partial charge < -0.3 is 28.4 Å².